The summed E-state index contributed by atoms with van der Waals surface area (Å²) in [5.41, 5.74) is -0.746. The lowest BCUT2D eigenvalue weighted by molar-refractivity contribution is -0.0653. The number of aliphatic hydroxyl groups is 1. The van der Waals surface area contributed by atoms with E-state index in [0.717, 1.165) is 6.42 Å². The van der Waals surface area contributed by atoms with Crippen molar-refractivity contribution in [2.45, 2.75) is 30.3 Å². The molecule has 1 N–H and O–H groups in total. The predicted octanol–water partition coefficient (Wildman–Crippen LogP) is 1.01. The smallest absolute Gasteiger partial charge is 0.337 e. The van der Waals surface area contributed by atoms with E-state index in [-0.39, 0.29) is 23.5 Å². The molecule has 1 aliphatic heterocycles. The third-order valence-electron chi connectivity index (χ3n) is 3.55. The highest BCUT2D eigenvalue weighted by molar-refractivity contribution is 7.89. The summed E-state index contributed by atoms with van der Waals surface area (Å²) in [6.07, 6.45) is 1.36. The van der Waals surface area contributed by atoms with Crippen LogP contribution in [0.25, 0.3) is 0 Å². The highest BCUT2D eigenvalue weighted by Gasteiger charge is 2.46. The Morgan fingerprint density at radius 2 is 2.10 bits per heavy atom. The van der Waals surface area contributed by atoms with E-state index >= 15 is 0 Å². The van der Waals surface area contributed by atoms with E-state index < -0.39 is 21.6 Å². The van der Waals surface area contributed by atoms with E-state index in [1.54, 1.807) is 0 Å². The summed E-state index contributed by atoms with van der Waals surface area (Å²) < 4.78 is 30.7. The van der Waals surface area contributed by atoms with Gasteiger partial charge in [0.2, 0.25) is 10.0 Å². The van der Waals surface area contributed by atoms with Crippen LogP contribution >= 0.6 is 0 Å². The van der Waals surface area contributed by atoms with Crippen LogP contribution in [0.1, 0.15) is 30.1 Å². The summed E-state index contributed by atoms with van der Waals surface area (Å²) in [7, 11) is -2.45. The van der Waals surface area contributed by atoms with Crippen molar-refractivity contribution in [2.24, 2.45) is 0 Å². The molecule has 1 fully saturated rings. The van der Waals surface area contributed by atoms with E-state index in [1.807, 2.05) is 6.92 Å². The zero-order valence-corrected chi connectivity index (χ0v) is 12.9. The van der Waals surface area contributed by atoms with Crippen LogP contribution in [0.5, 0.6) is 0 Å². The molecule has 2 rings (SSSR count). The van der Waals surface area contributed by atoms with Gasteiger partial charge in [-0.3, -0.25) is 0 Å². The molecule has 1 aliphatic rings. The third-order valence-corrected chi connectivity index (χ3v) is 5.34. The van der Waals surface area contributed by atoms with Gasteiger partial charge in [0.25, 0.3) is 0 Å². The molecule has 0 spiro atoms. The Labute approximate surface area is 124 Å². The van der Waals surface area contributed by atoms with E-state index in [9.17, 15) is 18.3 Å². The number of methoxy groups -OCH3 is 1. The molecule has 0 aliphatic carbocycles. The lowest BCUT2D eigenvalue weighted by Gasteiger charge is -2.45. The maximum atomic E-state index is 12.4. The fourth-order valence-electron chi connectivity index (χ4n) is 2.45. The predicted molar refractivity (Wildman–Crippen MR) is 76.4 cm³/mol. The Bertz CT molecular complexity index is 635. The van der Waals surface area contributed by atoms with Gasteiger partial charge < -0.3 is 9.84 Å². The molecular weight excluding hydrogens is 294 g/mol. The molecule has 0 aromatic heterocycles. The minimum atomic E-state index is -3.69. The number of ether oxygens (including phenoxy) is 1. The first-order chi connectivity index (χ1) is 9.82. The molecule has 0 amide bonds. The molecule has 1 heterocycles. The fraction of sp³-hybridized carbons (Fsp3) is 0.500. The van der Waals surface area contributed by atoms with Crippen molar-refractivity contribution in [1.82, 2.24) is 4.31 Å². The van der Waals surface area contributed by atoms with Crippen LogP contribution in [0.2, 0.25) is 0 Å². The molecule has 116 valence electrons. The molecule has 7 heteroatoms. The second-order valence-corrected chi connectivity index (χ2v) is 7.20. The van der Waals surface area contributed by atoms with E-state index in [4.69, 9.17) is 0 Å². The van der Waals surface area contributed by atoms with Crippen molar-refractivity contribution in [1.29, 1.82) is 0 Å². The molecule has 1 aromatic carbocycles. The van der Waals surface area contributed by atoms with Gasteiger partial charge in [0.1, 0.15) is 0 Å². The Morgan fingerprint density at radius 3 is 2.67 bits per heavy atom. The maximum Gasteiger partial charge on any atom is 0.337 e. The number of carbonyl (C=O) groups excluding carboxylic acids is 1. The van der Waals surface area contributed by atoms with Gasteiger partial charge in [-0.15, -0.1) is 0 Å². The summed E-state index contributed by atoms with van der Waals surface area (Å²) in [5, 5.41) is 10.1. The van der Waals surface area contributed by atoms with Crippen molar-refractivity contribution in [3.63, 3.8) is 0 Å². The van der Waals surface area contributed by atoms with Gasteiger partial charge in [0.15, 0.2) is 0 Å². The molecule has 0 saturated carbocycles. The highest BCUT2D eigenvalue weighted by Crippen LogP contribution is 2.31. The zero-order chi connectivity index (χ0) is 15.7. The number of benzene rings is 1. The van der Waals surface area contributed by atoms with Gasteiger partial charge in [0.05, 0.1) is 23.2 Å². The Morgan fingerprint density at radius 1 is 1.43 bits per heavy atom. The monoisotopic (exact) mass is 313 g/mol. The Kier molecular flexibility index (Phi) is 4.36. The van der Waals surface area contributed by atoms with Crippen molar-refractivity contribution in [2.75, 3.05) is 20.2 Å². The molecule has 1 aromatic rings. The first-order valence-electron chi connectivity index (χ1n) is 6.73. The summed E-state index contributed by atoms with van der Waals surface area (Å²) >= 11 is 0. The van der Waals surface area contributed by atoms with Crippen molar-refractivity contribution in [3.05, 3.63) is 29.8 Å². The second kappa shape index (κ2) is 5.75. The average molecular weight is 313 g/mol. The molecule has 6 nitrogen and oxygen atoms in total. The SMILES string of the molecule is CCCC1(O)CN(S(=O)(=O)c2cccc(C(=O)OC)c2)C1. The van der Waals surface area contributed by atoms with Crippen LogP contribution in [0.3, 0.4) is 0 Å². The van der Waals surface area contributed by atoms with Crippen LogP contribution in [-0.2, 0) is 14.8 Å². The average Bonchev–Trinajstić information content (AvgIpc) is 2.44. The van der Waals surface area contributed by atoms with E-state index in [1.165, 1.54) is 35.7 Å². The van der Waals surface area contributed by atoms with Gasteiger partial charge in [-0.1, -0.05) is 19.4 Å². The zero-order valence-electron chi connectivity index (χ0n) is 12.1. The number of hydrogen-bond donors (Lipinski definition) is 1. The van der Waals surface area contributed by atoms with Gasteiger partial charge in [-0.25, -0.2) is 13.2 Å². The number of nitrogens with zero attached hydrogens (tertiary/aromatic N) is 1. The third kappa shape index (κ3) is 3.09. The largest absolute Gasteiger partial charge is 0.465 e. The molecule has 0 bridgehead atoms. The summed E-state index contributed by atoms with van der Waals surface area (Å²) in [5.74, 6) is -0.585. The first kappa shape index (κ1) is 15.9. The van der Waals surface area contributed by atoms with Crippen molar-refractivity contribution >= 4 is 16.0 Å². The summed E-state index contributed by atoms with van der Waals surface area (Å²) in [6.45, 7) is 2.12. The van der Waals surface area contributed by atoms with Crippen molar-refractivity contribution < 1.29 is 23.1 Å². The fourth-order valence-corrected chi connectivity index (χ4v) is 4.10. The molecule has 1 saturated heterocycles. The summed E-state index contributed by atoms with van der Waals surface area (Å²) in [4.78, 5) is 11.5. The number of sulfonamides is 1. The second-order valence-electron chi connectivity index (χ2n) is 5.27. The maximum absolute atomic E-state index is 12.4. The Balaban J connectivity index is 2.20. The topological polar surface area (TPSA) is 83.9 Å². The molecule has 0 atom stereocenters. The lowest BCUT2D eigenvalue weighted by atomic mass is 9.92. The van der Waals surface area contributed by atoms with Crippen LogP contribution in [0, 0.1) is 0 Å². The van der Waals surface area contributed by atoms with Crippen LogP contribution in [-0.4, -0.2) is 49.6 Å². The van der Waals surface area contributed by atoms with E-state index in [2.05, 4.69) is 4.74 Å². The van der Waals surface area contributed by atoms with Gasteiger partial charge in [-0.05, 0) is 24.6 Å². The van der Waals surface area contributed by atoms with Gasteiger partial charge in [0, 0.05) is 13.1 Å². The lowest BCUT2D eigenvalue weighted by Crippen LogP contribution is -2.63. The standard InChI is InChI=1S/C14H19NO5S/c1-3-7-14(17)9-15(10-14)21(18,19)12-6-4-5-11(8-12)13(16)20-2/h4-6,8,17H,3,7,9-10H2,1-2H3. The van der Waals surface area contributed by atoms with Gasteiger partial charge in [-0.2, -0.15) is 4.31 Å². The highest BCUT2D eigenvalue weighted by atomic mass is 32.2. The van der Waals surface area contributed by atoms with E-state index in [0.29, 0.717) is 6.42 Å². The van der Waals surface area contributed by atoms with Crippen LogP contribution < -0.4 is 0 Å². The normalized spacial score (nSPS) is 18.0. The quantitative estimate of drug-likeness (QED) is 0.820. The minimum absolute atomic E-state index is 0.0314. The number of carbonyl (C=O) groups is 1. The molecule has 0 radical (unpaired) electrons. The first-order valence-corrected chi connectivity index (χ1v) is 8.17. The minimum Gasteiger partial charge on any atom is -0.465 e. The number of rotatable bonds is 5. The number of hydrogen-bond acceptors (Lipinski definition) is 5. The molecular formula is C14H19NO5S. The van der Waals surface area contributed by atoms with Gasteiger partial charge >= 0.3 is 5.97 Å². The van der Waals surface area contributed by atoms with Crippen molar-refractivity contribution in [3.8, 4) is 0 Å². The molecule has 21 heavy (non-hydrogen) atoms. The Hall–Kier alpha value is -1.44. The van der Waals surface area contributed by atoms with Crippen LogP contribution in [0.15, 0.2) is 29.2 Å². The molecule has 0 unspecified atom stereocenters. The number of esters is 1. The number of β-amino-alcohol motifs (C(OH)–C–C–N with tert-alkyl or cyclic N) is 1. The van der Waals surface area contributed by atoms with Crippen LogP contribution in [0.4, 0.5) is 0 Å². The summed E-state index contributed by atoms with van der Waals surface area (Å²) in [6, 6.07) is 5.71.